The number of hydrogen-bond acceptors (Lipinski definition) is 4. The van der Waals surface area contributed by atoms with E-state index in [9.17, 15) is 14.4 Å². The molecule has 1 aromatic carbocycles. The van der Waals surface area contributed by atoms with Crippen molar-refractivity contribution in [3.63, 3.8) is 0 Å². The van der Waals surface area contributed by atoms with E-state index < -0.39 is 18.0 Å². The Hall–Kier alpha value is -2.93. The number of likely N-dealkylation sites (N-methyl/N-ethyl adjacent to an activating group) is 1. The number of nitrogens with zero attached hydrogens (tertiary/aromatic N) is 1. The van der Waals surface area contributed by atoms with Crippen LogP contribution in [0.1, 0.15) is 50.5 Å². The highest BCUT2D eigenvalue weighted by molar-refractivity contribution is 5.85. The van der Waals surface area contributed by atoms with Gasteiger partial charge in [0.15, 0.2) is 6.10 Å². The van der Waals surface area contributed by atoms with Gasteiger partial charge in [-0.05, 0) is 44.1 Å². The van der Waals surface area contributed by atoms with E-state index >= 15 is 0 Å². The third-order valence-corrected chi connectivity index (χ3v) is 5.31. The Kier molecular flexibility index (Phi) is 14.2. The van der Waals surface area contributed by atoms with Gasteiger partial charge >= 0.3 is 5.97 Å². The molecule has 0 saturated heterocycles. The van der Waals surface area contributed by atoms with Crippen LogP contribution in [0.25, 0.3) is 0 Å². The number of carboxylic acids is 1. The van der Waals surface area contributed by atoms with Crippen LogP contribution in [0.15, 0.2) is 55.6 Å². The number of carbonyl (C=O) groups is 3. The van der Waals surface area contributed by atoms with E-state index in [1.807, 2.05) is 36.4 Å². The first kappa shape index (κ1) is 28.1. The Labute approximate surface area is 197 Å². The maximum atomic E-state index is 13.0. The molecule has 182 valence electrons. The molecule has 1 aromatic rings. The maximum absolute atomic E-state index is 13.0. The van der Waals surface area contributed by atoms with Crippen molar-refractivity contribution in [1.82, 2.24) is 10.2 Å². The molecule has 0 aromatic heterocycles. The summed E-state index contributed by atoms with van der Waals surface area (Å²) < 4.78 is 5.90. The molecule has 1 rings (SSSR count). The number of ether oxygens (including phenoxy) is 1. The van der Waals surface area contributed by atoms with Crippen molar-refractivity contribution in [2.75, 3.05) is 20.1 Å². The minimum atomic E-state index is -1.03. The summed E-state index contributed by atoms with van der Waals surface area (Å²) in [6, 6.07) is 9.49. The predicted molar refractivity (Wildman–Crippen MR) is 130 cm³/mol. The number of aliphatic carboxylic acids is 1. The minimum Gasteiger partial charge on any atom is -0.481 e. The summed E-state index contributed by atoms with van der Waals surface area (Å²) in [6.45, 7) is 8.16. The van der Waals surface area contributed by atoms with Crippen molar-refractivity contribution in [3.8, 4) is 0 Å². The van der Waals surface area contributed by atoms with Gasteiger partial charge < -0.3 is 20.1 Å². The molecular formula is C26H38N2O5. The van der Waals surface area contributed by atoms with Gasteiger partial charge in [0.25, 0.3) is 5.91 Å². The molecule has 0 fully saturated rings. The van der Waals surface area contributed by atoms with E-state index in [1.165, 1.54) is 0 Å². The van der Waals surface area contributed by atoms with Crippen LogP contribution < -0.4 is 5.32 Å². The van der Waals surface area contributed by atoms with Gasteiger partial charge in [-0.2, -0.15) is 0 Å². The molecule has 0 aliphatic carbocycles. The molecule has 7 nitrogen and oxygen atoms in total. The lowest BCUT2D eigenvalue weighted by Gasteiger charge is -2.25. The first-order chi connectivity index (χ1) is 15.9. The first-order valence-corrected chi connectivity index (χ1v) is 11.5. The zero-order valence-corrected chi connectivity index (χ0v) is 19.7. The van der Waals surface area contributed by atoms with Gasteiger partial charge in [-0.1, -0.05) is 42.5 Å². The molecule has 7 heteroatoms. The van der Waals surface area contributed by atoms with Crippen LogP contribution in [0.2, 0.25) is 0 Å². The Morgan fingerprint density at radius 1 is 1.09 bits per heavy atom. The number of unbranched alkanes of at least 4 members (excludes halogenated alkanes) is 3. The number of allylic oxidation sites excluding steroid dienone is 2. The van der Waals surface area contributed by atoms with Crippen molar-refractivity contribution < 1.29 is 24.2 Å². The lowest BCUT2D eigenvalue weighted by molar-refractivity contribution is -0.145. The number of carbonyl (C=O) groups excluding carboxylic acids is 2. The summed E-state index contributed by atoms with van der Waals surface area (Å²) in [5, 5.41) is 11.9. The van der Waals surface area contributed by atoms with Crippen LogP contribution >= 0.6 is 0 Å². The van der Waals surface area contributed by atoms with Crippen molar-refractivity contribution in [2.45, 2.75) is 57.7 Å². The molecule has 2 atom stereocenters. The highest BCUT2D eigenvalue weighted by Gasteiger charge is 2.26. The Morgan fingerprint density at radius 2 is 1.76 bits per heavy atom. The second-order valence-corrected chi connectivity index (χ2v) is 8.09. The number of carboxylic acid groups (broad SMARTS) is 1. The molecule has 0 aliphatic heterocycles. The lowest BCUT2D eigenvalue weighted by atomic mass is 9.97. The Balaban J connectivity index is 2.78. The van der Waals surface area contributed by atoms with E-state index in [4.69, 9.17) is 9.84 Å². The number of rotatable bonds is 18. The Bertz CT molecular complexity index is 750. The van der Waals surface area contributed by atoms with Gasteiger partial charge in [0.2, 0.25) is 5.91 Å². The lowest BCUT2D eigenvalue weighted by Crippen LogP contribution is -2.46. The highest BCUT2D eigenvalue weighted by Crippen LogP contribution is 2.14. The van der Waals surface area contributed by atoms with Gasteiger partial charge in [0.1, 0.15) is 0 Å². The quantitative estimate of drug-likeness (QED) is 0.257. The van der Waals surface area contributed by atoms with E-state index in [0.717, 1.165) is 24.8 Å². The van der Waals surface area contributed by atoms with Crippen LogP contribution in [-0.2, 0) is 25.7 Å². The Morgan fingerprint density at radius 3 is 2.39 bits per heavy atom. The monoisotopic (exact) mass is 458 g/mol. The van der Waals surface area contributed by atoms with Gasteiger partial charge in [0.05, 0.1) is 19.6 Å². The van der Waals surface area contributed by atoms with Crippen LogP contribution in [0, 0.1) is 5.92 Å². The topological polar surface area (TPSA) is 95.9 Å². The molecule has 0 aliphatic rings. The second kappa shape index (κ2) is 16.7. The number of benzene rings is 1. The summed E-state index contributed by atoms with van der Waals surface area (Å²) in [6.07, 6.45) is 6.98. The fourth-order valence-corrected chi connectivity index (χ4v) is 3.37. The standard InChI is InChI=1S/C26H38N2O5/c1-4-6-8-13-17-28(3)26(32)23(33-20-21-14-11-9-12-15-21)19-27-25(31)22(18-24(29)30)16-10-7-5-2/h4-5,9,11-12,14-15,22-23H,1-2,6-8,10,13,16-20H2,3H3,(H,27,31)(H,29,30)/t22-,23+/m1/s1. The number of hydrogen-bond donors (Lipinski definition) is 2. The van der Waals surface area contributed by atoms with Crippen molar-refractivity contribution >= 4 is 17.8 Å². The van der Waals surface area contributed by atoms with E-state index in [0.29, 0.717) is 25.8 Å². The molecular weight excluding hydrogens is 420 g/mol. The molecule has 0 radical (unpaired) electrons. The largest absolute Gasteiger partial charge is 0.481 e. The number of nitrogens with one attached hydrogen (secondary N) is 1. The summed E-state index contributed by atoms with van der Waals surface area (Å²) >= 11 is 0. The predicted octanol–water partition coefficient (Wildman–Crippen LogP) is 3.95. The molecule has 0 saturated carbocycles. The summed E-state index contributed by atoms with van der Waals surface area (Å²) in [5.74, 6) is -2.28. The van der Waals surface area contributed by atoms with Crippen LogP contribution in [0.3, 0.4) is 0 Å². The summed E-state index contributed by atoms with van der Waals surface area (Å²) in [4.78, 5) is 38.5. The molecule has 2 amide bonds. The van der Waals surface area contributed by atoms with Crippen LogP contribution in [0.4, 0.5) is 0 Å². The number of amides is 2. The molecule has 0 spiro atoms. The van der Waals surface area contributed by atoms with E-state index in [2.05, 4.69) is 18.5 Å². The van der Waals surface area contributed by atoms with Gasteiger partial charge in [-0.3, -0.25) is 14.4 Å². The zero-order valence-electron chi connectivity index (χ0n) is 19.7. The zero-order chi connectivity index (χ0) is 24.5. The van der Waals surface area contributed by atoms with Crippen LogP contribution in [0.5, 0.6) is 0 Å². The fourth-order valence-electron chi connectivity index (χ4n) is 3.37. The van der Waals surface area contributed by atoms with E-state index in [-0.39, 0.29) is 31.4 Å². The molecule has 0 heterocycles. The van der Waals surface area contributed by atoms with Gasteiger partial charge in [0, 0.05) is 19.5 Å². The molecule has 0 bridgehead atoms. The second-order valence-electron chi connectivity index (χ2n) is 8.09. The third-order valence-electron chi connectivity index (χ3n) is 5.31. The smallest absolute Gasteiger partial charge is 0.304 e. The van der Waals surface area contributed by atoms with Gasteiger partial charge in [-0.15, -0.1) is 13.2 Å². The first-order valence-electron chi connectivity index (χ1n) is 11.5. The van der Waals surface area contributed by atoms with Gasteiger partial charge in [-0.25, -0.2) is 0 Å². The maximum Gasteiger partial charge on any atom is 0.304 e. The average Bonchev–Trinajstić information content (AvgIpc) is 2.81. The van der Waals surface area contributed by atoms with Crippen LogP contribution in [-0.4, -0.2) is 54.0 Å². The van der Waals surface area contributed by atoms with Crippen molar-refractivity contribution in [1.29, 1.82) is 0 Å². The van der Waals surface area contributed by atoms with E-state index in [1.54, 1.807) is 18.0 Å². The normalized spacial score (nSPS) is 12.4. The molecule has 0 unspecified atom stereocenters. The highest BCUT2D eigenvalue weighted by atomic mass is 16.5. The summed E-state index contributed by atoms with van der Waals surface area (Å²) in [5.41, 5.74) is 0.920. The van der Waals surface area contributed by atoms with Crippen molar-refractivity contribution in [2.24, 2.45) is 5.92 Å². The average molecular weight is 459 g/mol. The van der Waals surface area contributed by atoms with Crippen molar-refractivity contribution in [3.05, 3.63) is 61.2 Å². The molecule has 2 N–H and O–H groups in total. The molecule has 33 heavy (non-hydrogen) atoms. The summed E-state index contributed by atoms with van der Waals surface area (Å²) in [7, 11) is 1.72. The fraction of sp³-hybridized carbons (Fsp3) is 0.500. The third kappa shape index (κ3) is 12.0. The minimum absolute atomic E-state index is 0.0148. The SMILES string of the molecule is C=CCCCCN(C)C(=O)[C@H](CNC(=O)[C@H](CCCC=C)CC(=O)O)OCc1ccccc1.